The molecule has 136 valence electrons. The highest BCUT2D eigenvalue weighted by Gasteiger charge is 2.12. The molecule has 1 amide bonds. The summed E-state index contributed by atoms with van der Waals surface area (Å²) in [5.74, 6) is -0.0404. The molecule has 1 fully saturated rings. The Morgan fingerprint density at radius 1 is 1.11 bits per heavy atom. The molecule has 27 heavy (non-hydrogen) atoms. The molecule has 0 radical (unpaired) electrons. The summed E-state index contributed by atoms with van der Waals surface area (Å²) in [6.45, 7) is 2.94. The van der Waals surface area contributed by atoms with Crippen LogP contribution in [0.2, 0.25) is 0 Å². The SMILES string of the molecule is [N-]=[N+]=NC(=O)c1ccc(C(=O)/C=C/c2cccc(N3CCOCC3)n2)cc1. The minimum Gasteiger partial charge on any atom is -0.378 e. The quantitative estimate of drug-likeness (QED) is 0.266. The number of azide groups is 1. The van der Waals surface area contributed by atoms with Gasteiger partial charge in [0.25, 0.3) is 0 Å². The average Bonchev–Trinajstić information content (AvgIpc) is 2.73. The van der Waals surface area contributed by atoms with Gasteiger partial charge in [0.15, 0.2) is 5.78 Å². The van der Waals surface area contributed by atoms with Crippen LogP contribution in [-0.4, -0.2) is 43.0 Å². The normalized spacial score (nSPS) is 14.0. The molecule has 2 heterocycles. The average molecular weight is 363 g/mol. The van der Waals surface area contributed by atoms with Crippen LogP contribution < -0.4 is 4.90 Å². The highest BCUT2D eigenvalue weighted by molar-refractivity contribution is 6.07. The highest BCUT2D eigenvalue weighted by Crippen LogP contribution is 2.14. The van der Waals surface area contributed by atoms with Crippen LogP contribution in [0.4, 0.5) is 5.82 Å². The fourth-order valence-electron chi connectivity index (χ4n) is 2.63. The second-order valence-corrected chi connectivity index (χ2v) is 5.79. The largest absolute Gasteiger partial charge is 0.378 e. The number of pyridine rings is 1. The molecule has 0 saturated carbocycles. The van der Waals surface area contributed by atoms with Gasteiger partial charge in [0.1, 0.15) is 5.82 Å². The number of rotatable bonds is 5. The Labute approximate surface area is 155 Å². The maximum Gasteiger partial charge on any atom is 0.249 e. The molecule has 0 unspecified atom stereocenters. The molecule has 8 heteroatoms. The van der Waals surface area contributed by atoms with E-state index in [0.29, 0.717) is 24.5 Å². The minimum absolute atomic E-state index is 0.212. The Morgan fingerprint density at radius 2 is 1.81 bits per heavy atom. The molecule has 8 nitrogen and oxygen atoms in total. The molecule has 2 aromatic rings. The Morgan fingerprint density at radius 3 is 2.52 bits per heavy atom. The minimum atomic E-state index is -0.684. The number of anilines is 1. The third kappa shape index (κ3) is 4.78. The van der Waals surface area contributed by atoms with Crippen molar-refractivity contribution in [1.82, 2.24) is 4.98 Å². The van der Waals surface area contributed by atoms with Crippen molar-refractivity contribution in [3.8, 4) is 0 Å². The number of ketones is 1. The number of carbonyl (C=O) groups excluding carboxylic acids is 2. The predicted molar refractivity (Wildman–Crippen MR) is 101 cm³/mol. The maximum atomic E-state index is 12.3. The third-order valence-electron chi connectivity index (χ3n) is 4.05. The molecule has 0 aliphatic carbocycles. The number of carbonyl (C=O) groups is 2. The van der Waals surface area contributed by atoms with Crippen molar-refractivity contribution in [2.24, 2.45) is 5.11 Å². The number of morpholine rings is 1. The molecule has 1 aliphatic rings. The van der Waals surface area contributed by atoms with Crippen LogP contribution in [-0.2, 0) is 4.74 Å². The lowest BCUT2D eigenvalue weighted by atomic mass is 10.1. The molecule has 1 saturated heterocycles. The summed E-state index contributed by atoms with van der Waals surface area (Å²) in [4.78, 5) is 32.9. The number of aromatic nitrogens is 1. The first-order chi connectivity index (χ1) is 13.2. The summed E-state index contributed by atoms with van der Waals surface area (Å²) < 4.78 is 5.34. The summed E-state index contributed by atoms with van der Waals surface area (Å²) >= 11 is 0. The lowest BCUT2D eigenvalue weighted by Gasteiger charge is -2.27. The van der Waals surface area contributed by atoms with Crippen LogP contribution in [0.15, 0.2) is 53.7 Å². The molecule has 1 aromatic carbocycles. The molecule has 0 bridgehead atoms. The summed E-state index contributed by atoms with van der Waals surface area (Å²) in [7, 11) is 0. The van der Waals surface area contributed by atoms with E-state index in [0.717, 1.165) is 18.9 Å². The molecule has 3 rings (SSSR count). The third-order valence-corrected chi connectivity index (χ3v) is 4.05. The number of hydrogen-bond donors (Lipinski definition) is 0. The van der Waals surface area contributed by atoms with Crippen LogP contribution in [0.3, 0.4) is 0 Å². The van der Waals surface area contributed by atoms with Crippen LogP contribution >= 0.6 is 0 Å². The Kier molecular flexibility index (Phi) is 5.94. The molecular formula is C19H17N5O3. The van der Waals surface area contributed by atoms with Crippen LogP contribution in [0.5, 0.6) is 0 Å². The van der Waals surface area contributed by atoms with Crippen LogP contribution in [0, 0.1) is 0 Å². The van der Waals surface area contributed by atoms with Crippen molar-refractivity contribution in [3.05, 3.63) is 75.8 Å². The van der Waals surface area contributed by atoms with Gasteiger partial charge < -0.3 is 9.64 Å². The second kappa shape index (κ2) is 8.75. The van der Waals surface area contributed by atoms with Gasteiger partial charge in [-0.25, -0.2) is 4.98 Å². The fraction of sp³-hybridized carbons (Fsp3) is 0.211. The molecule has 0 atom stereocenters. The number of allylic oxidation sites excluding steroid dienone is 1. The van der Waals surface area contributed by atoms with Gasteiger partial charge in [-0.05, 0) is 34.9 Å². The van der Waals surface area contributed by atoms with E-state index in [1.807, 2.05) is 18.2 Å². The van der Waals surface area contributed by atoms with Gasteiger partial charge in [-0.2, -0.15) is 0 Å². The van der Waals surface area contributed by atoms with E-state index in [1.54, 1.807) is 6.08 Å². The second-order valence-electron chi connectivity index (χ2n) is 5.79. The van der Waals surface area contributed by atoms with E-state index in [2.05, 4.69) is 19.9 Å². The van der Waals surface area contributed by atoms with Gasteiger partial charge in [0, 0.05) is 29.1 Å². The number of benzene rings is 1. The van der Waals surface area contributed by atoms with Crippen molar-refractivity contribution in [3.63, 3.8) is 0 Å². The van der Waals surface area contributed by atoms with Crippen LogP contribution in [0.1, 0.15) is 26.4 Å². The van der Waals surface area contributed by atoms with Gasteiger partial charge in [-0.3, -0.25) is 9.59 Å². The van der Waals surface area contributed by atoms with Gasteiger partial charge in [0.05, 0.1) is 18.9 Å². The van der Waals surface area contributed by atoms with Crippen molar-refractivity contribution in [2.45, 2.75) is 0 Å². The van der Waals surface area contributed by atoms with E-state index >= 15 is 0 Å². The number of hydrogen-bond acceptors (Lipinski definition) is 5. The Hall–Kier alpha value is -3.48. The van der Waals surface area contributed by atoms with E-state index in [4.69, 9.17) is 10.3 Å². The number of ether oxygens (including phenoxy) is 1. The standard InChI is InChI=1S/C19H17N5O3/c20-23-22-19(26)15-6-4-14(5-7-15)17(25)9-8-16-2-1-3-18(21-16)24-10-12-27-13-11-24/h1-9H,10-13H2/b9-8+. The summed E-state index contributed by atoms with van der Waals surface area (Å²) in [5.41, 5.74) is 9.62. The fourth-order valence-corrected chi connectivity index (χ4v) is 2.63. The van der Waals surface area contributed by atoms with Gasteiger partial charge >= 0.3 is 0 Å². The Bertz CT molecular complexity index is 911. The summed E-state index contributed by atoms with van der Waals surface area (Å²) in [5, 5.41) is 3.01. The molecule has 0 N–H and O–H groups in total. The Balaban J connectivity index is 1.69. The lowest BCUT2D eigenvalue weighted by Crippen LogP contribution is -2.36. The van der Waals surface area contributed by atoms with Gasteiger partial charge in [-0.1, -0.05) is 30.3 Å². The van der Waals surface area contributed by atoms with E-state index < -0.39 is 5.91 Å². The van der Waals surface area contributed by atoms with E-state index in [9.17, 15) is 9.59 Å². The smallest absolute Gasteiger partial charge is 0.249 e. The monoisotopic (exact) mass is 363 g/mol. The van der Waals surface area contributed by atoms with Crippen LogP contribution in [0.25, 0.3) is 16.5 Å². The first-order valence-corrected chi connectivity index (χ1v) is 8.39. The van der Waals surface area contributed by atoms with Gasteiger partial charge in [0.2, 0.25) is 5.91 Å². The van der Waals surface area contributed by atoms with E-state index in [-0.39, 0.29) is 11.3 Å². The van der Waals surface area contributed by atoms with E-state index in [1.165, 1.54) is 30.3 Å². The molecule has 1 aromatic heterocycles. The summed E-state index contributed by atoms with van der Waals surface area (Å²) in [6, 6.07) is 11.6. The topological polar surface area (TPSA) is 108 Å². The molecular weight excluding hydrogens is 346 g/mol. The van der Waals surface area contributed by atoms with Crippen molar-refractivity contribution >= 4 is 23.6 Å². The first-order valence-electron chi connectivity index (χ1n) is 8.39. The first kappa shape index (κ1) is 18.3. The molecule has 0 spiro atoms. The highest BCUT2D eigenvalue weighted by atomic mass is 16.5. The predicted octanol–water partition coefficient (Wildman–Crippen LogP) is 3.26. The number of amides is 1. The van der Waals surface area contributed by atoms with Gasteiger partial charge in [-0.15, -0.1) is 0 Å². The van der Waals surface area contributed by atoms with Crippen molar-refractivity contribution in [2.75, 3.05) is 31.2 Å². The van der Waals surface area contributed by atoms with Crippen molar-refractivity contribution < 1.29 is 14.3 Å². The zero-order valence-electron chi connectivity index (χ0n) is 14.5. The maximum absolute atomic E-state index is 12.3. The zero-order chi connectivity index (χ0) is 19.1. The molecule has 1 aliphatic heterocycles. The lowest BCUT2D eigenvalue weighted by molar-refractivity contribution is 0.0997. The van der Waals surface area contributed by atoms with Crippen molar-refractivity contribution in [1.29, 1.82) is 0 Å². The summed E-state index contributed by atoms with van der Waals surface area (Å²) in [6.07, 6.45) is 3.10. The zero-order valence-corrected chi connectivity index (χ0v) is 14.5. The number of nitrogens with zero attached hydrogens (tertiary/aromatic N) is 5.